The van der Waals surface area contributed by atoms with Gasteiger partial charge in [0, 0.05) is 19.1 Å². The lowest BCUT2D eigenvalue weighted by Gasteiger charge is -2.20. The van der Waals surface area contributed by atoms with E-state index in [1.54, 1.807) is 12.1 Å². The van der Waals surface area contributed by atoms with E-state index in [1.807, 2.05) is 31.9 Å². The average molecular weight is 281 g/mol. The zero-order chi connectivity index (χ0) is 14.5. The summed E-state index contributed by atoms with van der Waals surface area (Å²) in [7, 11) is -1.69. The second kappa shape index (κ2) is 6.66. The van der Waals surface area contributed by atoms with Crippen molar-refractivity contribution in [3.8, 4) is 6.07 Å². The maximum absolute atomic E-state index is 12.1. The molecule has 5 nitrogen and oxygen atoms in total. The molecule has 6 heteroatoms. The Labute approximate surface area is 114 Å². The van der Waals surface area contributed by atoms with E-state index in [0.717, 1.165) is 0 Å². The lowest BCUT2D eigenvalue weighted by molar-refractivity contribution is 0.278. The van der Waals surface area contributed by atoms with Crippen LogP contribution in [0.1, 0.15) is 19.4 Å². The summed E-state index contributed by atoms with van der Waals surface area (Å²) in [6.07, 6.45) is 0. The normalized spacial score (nSPS) is 11.8. The fourth-order valence-electron chi connectivity index (χ4n) is 1.49. The highest BCUT2D eigenvalue weighted by molar-refractivity contribution is 7.89. The molecular formula is C13H19N3O2S. The molecule has 0 aromatic heterocycles. The highest BCUT2D eigenvalue weighted by Gasteiger charge is 2.17. The third-order valence-electron chi connectivity index (χ3n) is 2.94. The highest BCUT2D eigenvalue weighted by Crippen LogP contribution is 2.13. The molecule has 1 N–H and O–H groups in total. The molecule has 0 aliphatic rings. The fraction of sp³-hybridized carbons (Fsp3) is 0.462. The van der Waals surface area contributed by atoms with Gasteiger partial charge in [-0.15, -0.1) is 0 Å². The zero-order valence-corrected chi connectivity index (χ0v) is 12.2. The Morgan fingerprint density at radius 3 is 2.58 bits per heavy atom. The molecule has 0 aliphatic carbocycles. The van der Waals surface area contributed by atoms with Crippen LogP contribution in [0.3, 0.4) is 0 Å². The molecule has 0 saturated carbocycles. The molecule has 0 fully saturated rings. The summed E-state index contributed by atoms with van der Waals surface area (Å²) in [4.78, 5) is 2.07. The van der Waals surface area contributed by atoms with Crippen LogP contribution in [0.2, 0.25) is 0 Å². The zero-order valence-electron chi connectivity index (χ0n) is 11.4. The van der Waals surface area contributed by atoms with E-state index in [-0.39, 0.29) is 10.5 Å². The van der Waals surface area contributed by atoms with Crippen molar-refractivity contribution in [1.29, 1.82) is 5.26 Å². The predicted octanol–water partition coefficient (Wildman–Crippen LogP) is 1.18. The van der Waals surface area contributed by atoms with E-state index in [2.05, 4.69) is 4.72 Å². The Morgan fingerprint density at radius 1 is 1.37 bits per heavy atom. The fourth-order valence-corrected chi connectivity index (χ4v) is 2.66. The monoisotopic (exact) mass is 281 g/mol. The van der Waals surface area contributed by atoms with Gasteiger partial charge in [0.25, 0.3) is 0 Å². The van der Waals surface area contributed by atoms with Crippen LogP contribution in [0, 0.1) is 11.3 Å². The van der Waals surface area contributed by atoms with Gasteiger partial charge < -0.3 is 4.90 Å². The van der Waals surface area contributed by atoms with Crippen LogP contribution in [0.5, 0.6) is 0 Å². The molecule has 1 aromatic carbocycles. The van der Waals surface area contributed by atoms with E-state index in [4.69, 9.17) is 5.26 Å². The molecule has 0 spiro atoms. The van der Waals surface area contributed by atoms with Crippen LogP contribution in [0.4, 0.5) is 0 Å². The van der Waals surface area contributed by atoms with Crippen LogP contribution in [-0.4, -0.2) is 39.5 Å². The SMILES string of the molecule is CC(C)N(C)CCNS(=O)(=O)c1ccccc1C#N. The van der Waals surface area contributed by atoms with E-state index in [9.17, 15) is 8.42 Å². The van der Waals surface area contributed by atoms with E-state index < -0.39 is 10.0 Å². The maximum atomic E-state index is 12.1. The number of rotatable bonds is 6. The molecule has 0 amide bonds. The number of hydrogen-bond donors (Lipinski definition) is 1. The van der Waals surface area contributed by atoms with Crippen LogP contribution in [0.15, 0.2) is 29.2 Å². The first-order chi connectivity index (χ1) is 8.88. The van der Waals surface area contributed by atoms with Gasteiger partial charge >= 0.3 is 0 Å². The maximum Gasteiger partial charge on any atom is 0.241 e. The van der Waals surface area contributed by atoms with Gasteiger partial charge in [0.1, 0.15) is 6.07 Å². The number of nitriles is 1. The van der Waals surface area contributed by atoms with Gasteiger partial charge in [-0.25, -0.2) is 13.1 Å². The van der Waals surface area contributed by atoms with Gasteiger partial charge in [-0.3, -0.25) is 0 Å². The van der Waals surface area contributed by atoms with E-state index in [0.29, 0.717) is 19.1 Å². The van der Waals surface area contributed by atoms with Crippen molar-refractivity contribution in [2.45, 2.75) is 24.8 Å². The van der Waals surface area contributed by atoms with E-state index >= 15 is 0 Å². The summed E-state index contributed by atoms with van der Waals surface area (Å²) >= 11 is 0. The summed E-state index contributed by atoms with van der Waals surface area (Å²) in [5.74, 6) is 0. The van der Waals surface area contributed by atoms with Gasteiger partial charge in [-0.2, -0.15) is 5.26 Å². The third kappa shape index (κ3) is 4.31. The van der Waals surface area contributed by atoms with Gasteiger partial charge in [-0.1, -0.05) is 12.1 Å². The Kier molecular flexibility index (Phi) is 5.48. The minimum absolute atomic E-state index is 0.0321. The van der Waals surface area contributed by atoms with Crippen LogP contribution < -0.4 is 4.72 Å². The lowest BCUT2D eigenvalue weighted by atomic mass is 10.2. The Balaban J connectivity index is 2.75. The van der Waals surface area contributed by atoms with Gasteiger partial charge in [0.05, 0.1) is 10.5 Å². The van der Waals surface area contributed by atoms with Crippen molar-refractivity contribution >= 4 is 10.0 Å². The molecule has 0 aliphatic heterocycles. The standard InChI is InChI=1S/C13H19N3O2S/c1-11(2)16(3)9-8-15-19(17,18)13-7-5-4-6-12(13)10-14/h4-7,11,15H,8-9H2,1-3H3. The largest absolute Gasteiger partial charge is 0.303 e. The Hall–Kier alpha value is -1.42. The molecule has 19 heavy (non-hydrogen) atoms. The molecule has 0 atom stereocenters. The summed E-state index contributed by atoms with van der Waals surface area (Å²) in [5, 5.41) is 8.92. The van der Waals surface area contributed by atoms with Crippen molar-refractivity contribution < 1.29 is 8.42 Å². The second-order valence-electron chi connectivity index (χ2n) is 4.58. The second-order valence-corrected chi connectivity index (χ2v) is 6.32. The van der Waals surface area contributed by atoms with Crippen molar-refractivity contribution in [1.82, 2.24) is 9.62 Å². The molecule has 1 rings (SSSR count). The molecule has 104 valence electrons. The summed E-state index contributed by atoms with van der Waals surface area (Å²) in [6, 6.07) is 8.43. The average Bonchev–Trinajstić information content (AvgIpc) is 2.38. The predicted molar refractivity (Wildman–Crippen MR) is 74.1 cm³/mol. The minimum atomic E-state index is -3.62. The van der Waals surface area contributed by atoms with Gasteiger partial charge in [0.15, 0.2) is 0 Å². The van der Waals surface area contributed by atoms with Gasteiger partial charge in [-0.05, 0) is 33.0 Å². The number of nitrogens with one attached hydrogen (secondary N) is 1. The molecule has 1 aromatic rings. The number of likely N-dealkylation sites (N-methyl/N-ethyl adjacent to an activating group) is 1. The first-order valence-corrected chi connectivity index (χ1v) is 7.56. The molecular weight excluding hydrogens is 262 g/mol. The quantitative estimate of drug-likeness (QED) is 0.849. The minimum Gasteiger partial charge on any atom is -0.303 e. The summed E-state index contributed by atoms with van der Waals surface area (Å²) in [5.41, 5.74) is 0.159. The molecule has 0 bridgehead atoms. The lowest BCUT2D eigenvalue weighted by Crippen LogP contribution is -2.36. The Morgan fingerprint density at radius 2 is 2.00 bits per heavy atom. The van der Waals surface area contributed by atoms with Crippen LogP contribution >= 0.6 is 0 Å². The van der Waals surface area contributed by atoms with Crippen molar-refractivity contribution in [2.24, 2.45) is 0 Å². The molecule has 0 heterocycles. The highest BCUT2D eigenvalue weighted by atomic mass is 32.2. The number of sulfonamides is 1. The summed E-state index contributed by atoms with van der Waals surface area (Å²) in [6.45, 7) is 5.02. The van der Waals surface area contributed by atoms with Gasteiger partial charge in [0.2, 0.25) is 10.0 Å². The van der Waals surface area contributed by atoms with E-state index in [1.165, 1.54) is 12.1 Å². The van der Waals surface area contributed by atoms with Crippen molar-refractivity contribution in [3.05, 3.63) is 29.8 Å². The van der Waals surface area contributed by atoms with Crippen molar-refractivity contribution in [2.75, 3.05) is 20.1 Å². The van der Waals surface area contributed by atoms with Crippen LogP contribution in [0.25, 0.3) is 0 Å². The third-order valence-corrected chi connectivity index (χ3v) is 4.45. The summed E-state index contributed by atoms with van der Waals surface area (Å²) < 4.78 is 26.7. The number of nitrogens with zero attached hydrogens (tertiary/aromatic N) is 2. The molecule has 0 unspecified atom stereocenters. The first-order valence-electron chi connectivity index (χ1n) is 6.07. The Bertz CT molecular complexity index is 561. The number of hydrogen-bond acceptors (Lipinski definition) is 4. The molecule has 0 radical (unpaired) electrons. The van der Waals surface area contributed by atoms with Crippen molar-refractivity contribution in [3.63, 3.8) is 0 Å². The van der Waals surface area contributed by atoms with Crippen LogP contribution in [-0.2, 0) is 10.0 Å². The molecule has 0 saturated heterocycles. The number of benzene rings is 1. The smallest absolute Gasteiger partial charge is 0.241 e. The topological polar surface area (TPSA) is 73.2 Å². The first kappa shape index (κ1) is 15.6.